The first-order valence-electron chi connectivity index (χ1n) is 6.90. The van der Waals surface area contributed by atoms with Crippen molar-refractivity contribution in [1.29, 1.82) is 0 Å². The summed E-state index contributed by atoms with van der Waals surface area (Å²) in [4.78, 5) is 17.1. The summed E-state index contributed by atoms with van der Waals surface area (Å²) in [5, 5.41) is 4.88. The Balaban J connectivity index is 1.88. The van der Waals surface area contributed by atoms with Gasteiger partial charge in [0.2, 0.25) is 0 Å². The molecule has 0 saturated carbocycles. The van der Waals surface area contributed by atoms with Crippen LogP contribution in [0.4, 0.5) is 5.69 Å². The molecule has 1 aromatic carbocycles. The number of fused-ring (bicyclic) bond motifs is 2. The molecule has 6 nitrogen and oxygen atoms in total. The van der Waals surface area contributed by atoms with Gasteiger partial charge in [-0.05, 0) is 25.1 Å². The van der Waals surface area contributed by atoms with Crippen molar-refractivity contribution in [3.63, 3.8) is 0 Å². The van der Waals surface area contributed by atoms with Gasteiger partial charge in [0, 0.05) is 23.2 Å². The lowest BCUT2D eigenvalue weighted by Gasteiger charge is -2.18. The zero-order valence-corrected chi connectivity index (χ0v) is 12.7. The number of nitrogens with one attached hydrogen (secondary N) is 1. The zero-order valence-electron chi connectivity index (χ0n) is 11.9. The van der Waals surface area contributed by atoms with Crippen molar-refractivity contribution in [2.24, 2.45) is 5.73 Å². The predicted molar refractivity (Wildman–Crippen MR) is 85.3 cm³/mol. The summed E-state index contributed by atoms with van der Waals surface area (Å²) in [5.74, 6) is 0.528. The molecule has 3 aromatic rings. The number of imidazole rings is 1. The summed E-state index contributed by atoms with van der Waals surface area (Å²) >= 11 is 1.59. The number of aromatic nitrogens is 2. The molecule has 7 heteroatoms. The Morgan fingerprint density at radius 2 is 2.36 bits per heavy atom. The van der Waals surface area contributed by atoms with Gasteiger partial charge in [0.05, 0.1) is 17.1 Å². The van der Waals surface area contributed by atoms with Crippen LogP contribution in [0.2, 0.25) is 0 Å². The zero-order chi connectivity index (χ0) is 15.3. The minimum absolute atomic E-state index is 0.0554. The van der Waals surface area contributed by atoms with E-state index in [9.17, 15) is 4.79 Å². The number of rotatable bonds is 2. The van der Waals surface area contributed by atoms with Gasteiger partial charge < -0.3 is 15.8 Å². The lowest BCUT2D eigenvalue weighted by atomic mass is 10.1. The number of aryl methyl sites for hydroxylation is 1. The minimum atomic E-state index is -0.148. The molecule has 0 atom stereocenters. The quantitative estimate of drug-likeness (QED) is 0.759. The molecule has 3 heterocycles. The number of carbonyl (C=O) groups excluding carboxylic acids is 1. The molecule has 0 saturated heterocycles. The molecule has 2 aromatic heterocycles. The number of nitrogens with zero attached hydrogens (tertiary/aromatic N) is 2. The van der Waals surface area contributed by atoms with Crippen molar-refractivity contribution in [2.75, 3.05) is 11.9 Å². The molecule has 1 aliphatic rings. The summed E-state index contributed by atoms with van der Waals surface area (Å²) in [6.45, 7) is 2.49. The van der Waals surface area contributed by atoms with E-state index in [4.69, 9.17) is 15.5 Å². The van der Waals surface area contributed by atoms with Crippen LogP contribution in [0, 0.1) is 6.92 Å². The van der Waals surface area contributed by atoms with E-state index in [1.54, 1.807) is 11.3 Å². The fourth-order valence-electron chi connectivity index (χ4n) is 2.71. The van der Waals surface area contributed by atoms with Gasteiger partial charge in [0.15, 0.2) is 11.6 Å². The number of anilines is 1. The van der Waals surface area contributed by atoms with E-state index in [0.717, 1.165) is 27.6 Å². The first-order valence-corrected chi connectivity index (χ1v) is 7.78. The van der Waals surface area contributed by atoms with E-state index < -0.39 is 0 Å². The van der Waals surface area contributed by atoms with Crippen LogP contribution in [0.5, 0.6) is 5.75 Å². The van der Waals surface area contributed by atoms with E-state index in [0.29, 0.717) is 18.0 Å². The van der Waals surface area contributed by atoms with Gasteiger partial charge >= 0.3 is 0 Å². The maximum absolute atomic E-state index is 11.5. The highest BCUT2D eigenvalue weighted by Gasteiger charge is 2.20. The number of amides is 1. The Hall–Kier alpha value is -2.38. The molecule has 0 unspecified atom stereocenters. The SMILES string of the molecule is Cc1csc2nc(-c3ccc4c(c3)NC(=O)CO4)c(CN)n12. The number of hydrogen-bond acceptors (Lipinski definition) is 5. The van der Waals surface area contributed by atoms with Crippen molar-refractivity contribution in [3.05, 3.63) is 35.0 Å². The topological polar surface area (TPSA) is 81.6 Å². The lowest BCUT2D eigenvalue weighted by Crippen LogP contribution is -2.25. The normalized spacial score (nSPS) is 13.8. The largest absolute Gasteiger partial charge is 0.482 e. The fourth-order valence-corrected chi connectivity index (χ4v) is 3.60. The van der Waals surface area contributed by atoms with Crippen molar-refractivity contribution in [1.82, 2.24) is 9.38 Å². The van der Waals surface area contributed by atoms with Crippen LogP contribution in [0.3, 0.4) is 0 Å². The average Bonchev–Trinajstić information content (AvgIpc) is 3.06. The summed E-state index contributed by atoms with van der Waals surface area (Å²) in [6.07, 6.45) is 0. The lowest BCUT2D eigenvalue weighted by molar-refractivity contribution is -0.118. The first kappa shape index (κ1) is 13.3. The molecule has 4 rings (SSSR count). The number of hydrogen-bond donors (Lipinski definition) is 2. The highest BCUT2D eigenvalue weighted by molar-refractivity contribution is 7.15. The fraction of sp³-hybridized carbons (Fsp3) is 0.200. The standard InChI is InChI=1S/C15H14N4O2S/c1-8-7-22-15-18-14(11(5-16)19(8)15)9-2-3-12-10(4-9)17-13(20)6-21-12/h2-4,7H,5-6,16H2,1H3,(H,17,20). The van der Waals surface area contributed by atoms with Crippen molar-refractivity contribution < 1.29 is 9.53 Å². The van der Waals surface area contributed by atoms with Crippen LogP contribution in [0.25, 0.3) is 16.2 Å². The van der Waals surface area contributed by atoms with Gasteiger partial charge in [-0.25, -0.2) is 4.98 Å². The molecule has 1 amide bonds. The average molecular weight is 314 g/mol. The van der Waals surface area contributed by atoms with Crippen LogP contribution >= 0.6 is 11.3 Å². The Labute approximate surface area is 130 Å². The van der Waals surface area contributed by atoms with Gasteiger partial charge in [0.25, 0.3) is 5.91 Å². The molecule has 22 heavy (non-hydrogen) atoms. The third kappa shape index (κ3) is 1.90. The minimum Gasteiger partial charge on any atom is -0.482 e. The molecule has 0 bridgehead atoms. The second-order valence-corrected chi connectivity index (χ2v) is 5.99. The third-order valence-electron chi connectivity index (χ3n) is 3.71. The number of ether oxygens (including phenoxy) is 1. The second kappa shape index (κ2) is 4.82. The molecule has 0 radical (unpaired) electrons. The van der Waals surface area contributed by atoms with Crippen molar-refractivity contribution >= 4 is 27.9 Å². The van der Waals surface area contributed by atoms with E-state index >= 15 is 0 Å². The Morgan fingerprint density at radius 3 is 3.18 bits per heavy atom. The molecular weight excluding hydrogens is 300 g/mol. The summed E-state index contributed by atoms with van der Waals surface area (Å²) < 4.78 is 7.46. The first-order chi connectivity index (χ1) is 10.7. The monoisotopic (exact) mass is 314 g/mol. The molecule has 0 aliphatic carbocycles. The third-order valence-corrected chi connectivity index (χ3v) is 4.65. The molecule has 0 fully saturated rings. The van der Waals surface area contributed by atoms with Gasteiger partial charge in [-0.3, -0.25) is 9.20 Å². The molecule has 3 N–H and O–H groups in total. The van der Waals surface area contributed by atoms with Crippen molar-refractivity contribution in [3.8, 4) is 17.0 Å². The summed E-state index contributed by atoms with van der Waals surface area (Å²) in [6, 6.07) is 5.68. The van der Waals surface area contributed by atoms with Gasteiger partial charge in [-0.15, -0.1) is 11.3 Å². The number of carbonyl (C=O) groups is 1. The molecule has 112 valence electrons. The van der Waals surface area contributed by atoms with E-state index in [1.807, 2.05) is 25.1 Å². The highest BCUT2D eigenvalue weighted by atomic mass is 32.1. The summed E-state index contributed by atoms with van der Waals surface area (Å²) in [7, 11) is 0. The number of benzene rings is 1. The summed E-state index contributed by atoms with van der Waals surface area (Å²) in [5.41, 5.74) is 10.5. The smallest absolute Gasteiger partial charge is 0.262 e. The molecular formula is C15H14N4O2S. The molecule has 1 aliphatic heterocycles. The molecule has 0 spiro atoms. The Kier molecular flexibility index (Phi) is 2.91. The number of thiazole rings is 1. The van der Waals surface area contributed by atoms with E-state index in [1.165, 1.54) is 0 Å². The highest BCUT2D eigenvalue weighted by Crippen LogP contribution is 2.34. The van der Waals surface area contributed by atoms with Crippen LogP contribution in [0.1, 0.15) is 11.4 Å². The second-order valence-electron chi connectivity index (χ2n) is 5.15. The maximum atomic E-state index is 11.5. The predicted octanol–water partition coefficient (Wildman–Crippen LogP) is 2.16. The van der Waals surface area contributed by atoms with Crippen molar-refractivity contribution in [2.45, 2.75) is 13.5 Å². The van der Waals surface area contributed by atoms with Gasteiger partial charge in [-0.2, -0.15) is 0 Å². The van der Waals surface area contributed by atoms with Crippen LogP contribution in [0.15, 0.2) is 23.6 Å². The van der Waals surface area contributed by atoms with E-state index in [2.05, 4.69) is 15.1 Å². The van der Waals surface area contributed by atoms with Gasteiger partial charge in [0.1, 0.15) is 5.75 Å². The van der Waals surface area contributed by atoms with Gasteiger partial charge in [-0.1, -0.05) is 0 Å². The Morgan fingerprint density at radius 1 is 1.50 bits per heavy atom. The Bertz CT molecular complexity index is 896. The number of nitrogens with two attached hydrogens (primary N) is 1. The van der Waals surface area contributed by atoms with Crippen LogP contribution in [-0.2, 0) is 11.3 Å². The van der Waals surface area contributed by atoms with E-state index in [-0.39, 0.29) is 12.5 Å². The maximum Gasteiger partial charge on any atom is 0.262 e. The van der Waals surface area contributed by atoms with Crippen LogP contribution < -0.4 is 15.8 Å². The van der Waals surface area contributed by atoms with Crippen LogP contribution in [-0.4, -0.2) is 21.9 Å².